The molecule has 0 N–H and O–H groups in total. The second-order valence-corrected chi connectivity index (χ2v) is 9.40. The Morgan fingerprint density at radius 1 is 1.21 bits per heavy atom. The molecule has 4 rings (SSSR count). The van der Waals surface area contributed by atoms with E-state index in [0.717, 1.165) is 0 Å². The van der Waals surface area contributed by atoms with Crippen molar-refractivity contribution in [2.45, 2.75) is 12.3 Å². The first-order chi connectivity index (χ1) is 15.8. The van der Waals surface area contributed by atoms with E-state index in [9.17, 15) is 18.0 Å². The van der Waals surface area contributed by atoms with Crippen LogP contribution in [-0.2, 0) is 31.6 Å². The van der Waals surface area contributed by atoms with Crippen LogP contribution in [0.1, 0.15) is 38.1 Å². The van der Waals surface area contributed by atoms with Gasteiger partial charge in [0.05, 0.1) is 43.2 Å². The van der Waals surface area contributed by atoms with Gasteiger partial charge in [-0.3, -0.25) is 9.48 Å². The van der Waals surface area contributed by atoms with Crippen molar-refractivity contribution in [3.8, 4) is 0 Å². The average molecular weight is 474 g/mol. The zero-order chi connectivity index (χ0) is 23.8. The Morgan fingerprint density at radius 2 is 1.94 bits per heavy atom. The van der Waals surface area contributed by atoms with E-state index in [-0.39, 0.29) is 28.8 Å². The Kier molecular flexibility index (Phi) is 6.09. The number of carbonyl (C=O) groups is 2. The number of ether oxygens (including phenoxy) is 2. The van der Waals surface area contributed by atoms with Gasteiger partial charge >= 0.3 is 5.97 Å². The first kappa shape index (κ1) is 22.7. The summed E-state index contributed by atoms with van der Waals surface area (Å²) in [4.78, 5) is 26.6. The molecule has 2 aliphatic rings. The highest BCUT2D eigenvalue weighted by Gasteiger charge is 2.37. The van der Waals surface area contributed by atoms with E-state index in [0.29, 0.717) is 48.9 Å². The number of sulfone groups is 1. The molecule has 0 spiro atoms. The Balaban J connectivity index is 1.85. The maximum atomic E-state index is 13.3. The number of furan rings is 1. The zero-order valence-corrected chi connectivity index (χ0v) is 18.9. The summed E-state index contributed by atoms with van der Waals surface area (Å²) in [6.45, 7) is 9.03. The summed E-state index contributed by atoms with van der Waals surface area (Å²) in [7, 11) is -2.50. The maximum Gasteiger partial charge on any atom is 0.373 e. The summed E-state index contributed by atoms with van der Waals surface area (Å²) in [5.74, 6) is -0.991. The number of hydrogen-bond donors (Lipinski definition) is 0. The molecule has 0 bridgehead atoms. The Labute approximate surface area is 190 Å². The van der Waals surface area contributed by atoms with Crippen molar-refractivity contribution in [2.75, 3.05) is 33.4 Å². The van der Waals surface area contributed by atoms with Crippen LogP contribution in [0.15, 0.2) is 46.8 Å². The molecule has 2 aliphatic heterocycles. The normalized spacial score (nSPS) is 17.4. The fraction of sp³-hybridized carbons (Fsp3) is 0.318. The number of carbonyl (C=O) groups excluding carboxylic acids is 2. The van der Waals surface area contributed by atoms with Crippen LogP contribution in [0, 0.1) is 0 Å². The molecule has 11 heteroatoms. The highest BCUT2D eigenvalue weighted by atomic mass is 32.2. The predicted octanol–water partition coefficient (Wildman–Crippen LogP) is 1.79. The highest BCUT2D eigenvalue weighted by molar-refractivity contribution is 7.95. The summed E-state index contributed by atoms with van der Waals surface area (Å²) in [6, 6.07) is 3.07. The predicted molar refractivity (Wildman–Crippen MR) is 118 cm³/mol. The fourth-order valence-corrected chi connectivity index (χ4v) is 5.52. The average Bonchev–Trinajstić information content (AvgIpc) is 3.42. The van der Waals surface area contributed by atoms with Crippen molar-refractivity contribution < 1.29 is 31.9 Å². The second-order valence-electron chi connectivity index (χ2n) is 7.44. The van der Waals surface area contributed by atoms with E-state index in [1.807, 2.05) is 0 Å². The molecule has 0 radical (unpaired) electrons. The molecule has 0 aliphatic carbocycles. The third kappa shape index (κ3) is 4.05. The SMILES string of the molecule is C=CC1=C(C=C)S(=O)(=O)Cc2c(C(=O)N3CCOCC3)nn(Cc3ccc(C(=O)OC)o3)c21. The van der Waals surface area contributed by atoms with Gasteiger partial charge in [-0.25, -0.2) is 13.2 Å². The lowest BCUT2D eigenvalue weighted by atomic mass is 10.0. The molecule has 1 amide bonds. The van der Waals surface area contributed by atoms with E-state index < -0.39 is 21.6 Å². The lowest BCUT2D eigenvalue weighted by Crippen LogP contribution is -2.41. The van der Waals surface area contributed by atoms with Crippen LogP contribution in [0.3, 0.4) is 0 Å². The monoisotopic (exact) mass is 473 g/mol. The molecular weight excluding hydrogens is 450 g/mol. The number of esters is 1. The van der Waals surface area contributed by atoms with Gasteiger partial charge in [-0.2, -0.15) is 5.10 Å². The van der Waals surface area contributed by atoms with Gasteiger partial charge in [0.2, 0.25) is 5.76 Å². The minimum absolute atomic E-state index is 0.0196. The molecule has 4 heterocycles. The highest BCUT2D eigenvalue weighted by Crippen LogP contribution is 2.37. The van der Waals surface area contributed by atoms with E-state index in [4.69, 9.17) is 9.15 Å². The smallest absolute Gasteiger partial charge is 0.373 e. The summed E-state index contributed by atoms with van der Waals surface area (Å²) >= 11 is 0. The summed E-state index contributed by atoms with van der Waals surface area (Å²) < 4.78 is 42.9. The molecule has 0 atom stereocenters. The number of nitrogens with zero attached hydrogens (tertiary/aromatic N) is 3. The number of morpholine rings is 1. The van der Waals surface area contributed by atoms with Gasteiger partial charge in [0.25, 0.3) is 5.91 Å². The van der Waals surface area contributed by atoms with E-state index in [1.54, 1.807) is 11.0 Å². The Morgan fingerprint density at radius 3 is 2.58 bits per heavy atom. The molecule has 0 aromatic carbocycles. The molecule has 0 saturated carbocycles. The topological polar surface area (TPSA) is 121 Å². The molecule has 1 saturated heterocycles. The van der Waals surface area contributed by atoms with Gasteiger partial charge in [0, 0.05) is 24.2 Å². The quantitative estimate of drug-likeness (QED) is 0.583. The van der Waals surface area contributed by atoms with Crippen LogP contribution in [0.2, 0.25) is 0 Å². The first-order valence-corrected chi connectivity index (χ1v) is 11.8. The molecule has 174 valence electrons. The van der Waals surface area contributed by atoms with E-state index >= 15 is 0 Å². The molecule has 2 aromatic heterocycles. The van der Waals surface area contributed by atoms with Gasteiger partial charge in [0.1, 0.15) is 5.76 Å². The van der Waals surface area contributed by atoms with Crippen LogP contribution in [0.4, 0.5) is 0 Å². The lowest BCUT2D eigenvalue weighted by Gasteiger charge is -2.26. The van der Waals surface area contributed by atoms with Gasteiger partial charge in [-0.05, 0) is 12.1 Å². The van der Waals surface area contributed by atoms with Crippen molar-refractivity contribution in [1.29, 1.82) is 0 Å². The number of amides is 1. The standard InChI is InChI=1S/C22H23N3O7S/c1-4-15-18(5-2)33(28,29)13-16-19(21(26)24-8-10-31-11-9-24)23-25(20(15)16)12-14-6-7-17(32-14)22(27)30-3/h4-7H,1-2,8-13H2,3H3. The van der Waals surface area contributed by atoms with Crippen LogP contribution in [0.5, 0.6) is 0 Å². The molecule has 1 fully saturated rings. The fourth-order valence-electron chi connectivity index (χ4n) is 3.95. The van der Waals surface area contributed by atoms with E-state index in [1.165, 1.54) is 30.0 Å². The van der Waals surface area contributed by atoms with Crippen molar-refractivity contribution in [3.63, 3.8) is 0 Å². The molecule has 2 aromatic rings. The maximum absolute atomic E-state index is 13.3. The van der Waals surface area contributed by atoms with Gasteiger partial charge in [0.15, 0.2) is 15.5 Å². The first-order valence-electron chi connectivity index (χ1n) is 10.2. The third-order valence-corrected chi connectivity index (χ3v) is 7.21. The minimum Gasteiger partial charge on any atom is -0.463 e. The zero-order valence-electron chi connectivity index (χ0n) is 18.1. The van der Waals surface area contributed by atoms with Crippen molar-refractivity contribution >= 4 is 27.3 Å². The summed E-state index contributed by atoms with van der Waals surface area (Å²) in [6.07, 6.45) is 2.67. The number of rotatable bonds is 6. The van der Waals surface area contributed by atoms with Crippen molar-refractivity contribution in [2.24, 2.45) is 0 Å². The summed E-state index contributed by atoms with van der Waals surface area (Å²) in [5.41, 5.74) is 1.10. The summed E-state index contributed by atoms with van der Waals surface area (Å²) in [5, 5.41) is 4.50. The van der Waals surface area contributed by atoms with Gasteiger partial charge in [-0.15, -0.1) is 0 Å². The Bertz CT molecular complexity index is 1280. The van der Waals surface area contributed by atoms with E-state index in [2.05, 4.69) is 23.0 Å². The van der Waals surface area contributed by atoms with Crippen LogP contribution in [-0.4, -0.2) is 68.4 Å². The second kappa shape index (κ2) is 8.83. The van der Waals surface area contributed by atoms with Gasteiger partial charge < -0.3 is 18.8 Å². The Hall–Kier alpha value is -3.44. The molecular formula is C22H23N3O7S. The number of aromatic nitrogens is 2. The van der Waals surface area contributed by atoms with Crippen LogP contribution < -0.4 is 0 Å². The van der Waals surface area contributed by atoms with Gasteiger partial charge in [-0.1, -0.05) is 25.3 Å². The largest absolute Gasteiger partial charge is 0.463 e. The molecule has 10 nitrogen and oxygen atoms in total. The minimum atomic E-state index is -3.75. The van der Waals surface area contributed by atoms with Crippen LogP contribution in [0.25, 0.3) is 5.57 Å². The van der Waals surface area contributed by atoms with Crippen molar-refractivity contribution in [3.05, 3.63) is 70.8 Å². The molecule has 0 unspecified atom stereocenters. The number of allylic oxidation sites excluding steroid dienone is 3. The van der Waals surface area contributed by atoms with Crippen LogP contribution >= 0.6 is 0 Å². The third-order valence-electron chi connectivity index (χ3n) is 5.48. The molecule has 33 heavy (non-hydrogen) atoms. The number of fused-ring (bicyclic) bond motifs is 1. The lowest BCUT2D eigenvalue weighted by molar-refractivity contribution is 0.0298. The number of hydrogen-bond acceptors (Lipinski definition) is 8. The number of methoxy groups -OCH3 is 1. The van der Waals surface area contributed by atoms with Crippen molar-refractivity contribution in [1.82, 2.24) is 14.7 Å².